The van der Waals surface area contributed by atoms with Gasteiger partial charge in [0.05, 0.1) is 4.90 Å². The second kappa shape index (κ2) is 9.55. The number of hydrogen-bond acceptors (Lipinski definition) is 5. The van der Waals surface area contributed by atoms with Crippen molar-refractivity contribution in [2.24, 2.45) is 0 Å². The molecule has 180 valence electrons. The molecule has 10 heteroatoms. The van der Waals surface area contributed by atoms with Crippen LogP contribution in [0, 0.1) is 0 Å². The SMILES string of the molecule is C[C@]1(CCc2ccccc2)NC(=O)N(CC(=O)Nc2cccc(S(=O)(=O)N3CCCC3)c2)C1=O. The topological polar surface area (TPSA) is 116 Å². The number of urea groups is 1. The van der Waals surface area contributed by atoms with Gasteiger partial charge in [-0.25, -0.2) is 13.2 Å². The maximum atomic E-state index is 13.0. The molecule has 4 amide bonds. The molecule has 0 unspecified atom stereocenters. The van der Waals surface area contributed by atoms with Crippen molar-refractivity contribution in [3.8, 4) is 0 Å². The van der Waals surface area contributed by atoms with E-state index in [-0.39, 0.29) is 10.6 Å². The molecule has 2 aromatic carbocycles. The standard InChI is InChI=1S/C24H28N4O5S/c1-24(13-12-18-8-3-2-4-9-18)22(30)28(23(31)26-24)17-21(29)25-19-10-7-11-20(16-19)34(32,33)27-14-5-6-15-27/h2-4,7-11,16H,5-6,12-15,17H2,1H3,(H,25,29)(H,26,31)/t24-/m1/s1. The molecule has 9 nitrogen and oxygen atoms in total. The number of anilines is 1. The van der Waals surface area contributed by atoms with Gasteiger partial charge in [0.1, 0.15) is 12.1 Å². The molecule has 0 aliphatic carbocycles. The summed E-state index contributed by atoms with van der Waals surface area (Å²) in [4.78, 5) is 39.0. The Hall–Kier alpha value is -3.24. The van der Waals surface area contributed by atoms with Crippen molar-refractivity contribution in [3.05, 3.63) is 60.2 Å². The lowest BCUT2D eigenvalue weighted by molar-refractivity contribution is -0.133. The fourth-order valence-electron chi connectivity index (χ4n) is 4.26. The summed E-state index contributed by atoms with van der Waals surface area (Å²) in [6, 6.07) is 15.0. The molecule has 2 aromatic rings. The summed E-state index contributed by atoms with van der Waals surface area (Å²) < 4.78 is 27.0. The fourth-order valence-corrected chi connectivity index (χ4v) is 5.82. The van der Waals surface area contributed by atoms with Gasteiger partial charge in [-0.05, 0) is 56.4 Å². The van der Waals surface area contributed by atoms with Crippen LogP contribution in [-0.4, -0.2) is 60.6 Å². The molecular formula is C24H28N4O5S. The second-order valence-electron chi connectivity index (χ2n) is 8.83. The number of nitrogens with zero attached hydrogens (tertiary/aromatic N) is 2. The summed E-state index contributed by atoms with van der Waals surface area (Å²) in [7, 11) is -3.63. The third-order valence-corrected chi connectivity index (χ3v) is 8.12. The summed E-state index contributed by atoms with van der Waals surface area (Å²) >= 11 is 0. The van der Waals surface area contributed by atoms with Crippen LogP contribution >= 0.6 is 0 Å². The number of hydrogen-bond donors (Lipinski definition) is 2. The van der Waals surface area contributed by atoms with Crippen molar-refractivity contribution in [2.45, 2.75) is 43.0 Å². The summed E-state index contributed by atoms with van der Waals surface area (Å²) in [5.41, 5.74) is 0.228. The zero-order valence-corrected chi connectivity index (χ0v) is 19.8. The summed E-state index contributed by atoms with van der Waals surface area (Å²) in [5, 5.41) is 5.30. The van der Waals surface area contributed by atoms with E-state index in [4.69, 9.17) is 0 Å². The molecule has 2 aliphatic heterocycles. The zero-order valence-electron chi connectivity index (χ0n) is 19.0. The molecule has 2 heterocycles. The maximum absolute atomic E-state index is 13.0. The van der Waals surface area contributed by atoms with Crippen LogP contribution in [0.1, 0.15) is 31.7 Å². The average molecular weight is 485 g/mol. The molecule has 0 radical (unpaired) electrons. The summed E-state index contributed by atoms with van der Waals surface area (Å²) in [5.74, 6) is -1.06. The molecule has 1 atom stereocenters. The molecule has 0 saturated carbocycles. The Balaban J connectivity index is 1.39. The molecule has 0 spiro atoms. The highest BCUT2D eigenvalue weighted by Crippen LogP contribution is 2.25. The van der Waals surface area contributed by atoms with E-state index in [9.17, 15) is 22.8 Å². The van der Waals surface area contributed by atoms with E-state index in [1.54, 1.807) is 19.1 Å². The minimum atomic E-state index is -3.63. The van der Waals surface area contributed by atoms with Gasteiger partial charge >= 0.3 is 6.03 Å². The van der Waals surface area contributed by atoms with Crippen LogP contribution in [0.3, 0.4) is 0 Å². The molecule has 0 aromatic heterocycles. The van der Waals surface area contributed by atoms with Crippen molar-refractivity contribution < 1.29 is 22.8 Å². The zero-order chi connectivity index (χ0) is 24.3. The van der Waals surface area contributed by atoms with Crippen molar-refractivity contribution in [1.82, 2.24) is 14.5 Å². The third-order valence-electron chi connectivity index (χ3n) is 6.22. The van der Waals surface area contributed by atoms with Gasteiger partial charge < -0.3 is 10.6 Å². The number of nitrogens with one attached hydrogen (secondary N) is 2. The van der Waals surface area contributed by atoms with Crippen LogP contribution in [0.4, 0.5) is 10.5 Å². The largest absolute Gasteiger partial charge is 0.325 e. The number of aryl methyl sites for hydroxylation is 1. The van der Waals surface area contributed by atoms with Crippen LogP contribution in [0.2, 0.25) is 0 Å². The Morgan fingerprint density at radius 1 is 1.06 bits per heavy atom. The van der Waals surface area contributed by atoms with Gasteiger partial charge in [-0.15, -0.1) is 0 Å². The van der Waals surface area contributed by atoms with Crippen molar-refractivity contribution in [2.75, 3.05) is 25.0 Å². The molecule has 2 saturated heterocycles. The fraction of sp³-hybridized carbons (Fsp3) is 0.375. The third kappa shape index (κ3) is 4.97. The van der Waals surface area contributed by atoms with Crippen LogP contribution in [0.15, 0.2) is 59.5 Å². The Morgan fingerprint density at radius 3 is 2.47 bits per heavy atom. The summed E-state index contributed by atoms with van der Waals surface area (Å²) in [6.45, 7) is 2.15. The minimum absolute atomic E-state index is 0.0932. The first-order valence-corrected chi connectivity index (χ1v) is 12.7. The molecule has 2 fully saturated rings. The van der Waals surface area contributed by atoms with E-state index in [2.05, 4.69) is 10.6 Å². The maximum Gasteiger partial charge on any atom is 0.325 e. The highest BCUT2D eigenvalue weighted by molar-refractivity contribution is 7.89. The van der Waals surface area contributed by atoms with Crippen molar-refractivity contribution >= 4 is 33.6 Å². The first-order chi connectivity index (χ1) is 16.2. The lowest BCUT2D eigenvalue weighted by atomic mass is 9.93. The lowest BCUT2D eigenvalue weighted by Crippen LogP contribution is -2.45. The predicted molar refractivity (Wildman–Crippen MR) is 126 cm³/mol. The number of imide groups is 1. The van der Waals surface area contributed by atoms with E-state index < -0.39 is 40.0 Å². The predicted octanol–water partition coefficient (Wildman–Crippen LogP) is 2.35. The number of benzene rings is 2. The quantitative estimate of drug-likeness (QED) is 0.558. The molecular weight excluding hydrogens is 456 g/mol. The first-order valence-electron chi connectivity index (χ1n) is 11.3. The number of sulfonamides is 1. The number of carbonyl (C=O) groups excluding carboxylic acids is 3. The van der Waals surface area contributed by atoms with Gasteiger partial charge in [-0.3, -0.25) is 14.5 Å². The Labute approximate surface area is 199 Å². The van der Waals surface area contributed by atoms with Gasteiger partial charge in [0.25, 0.3) is 5.91 Å². The second-order valence-corrected chi connectivity index (χ2v) is 10.8. The molecule has 0 bridgehead atoms. The molecule has 4 rings (SSSR count). The highest BCUT2D eigenvalue weighted by Gasteiger charge is 2.47. The van der Waals surface area contributed by atoms with E-state index in [1.165, 1.54) is 16.4 Å². The van der Waals surface area contributed by atoms with E-state index in [1.807, 2.05) is 30.3 Å². The average Bonchev–Trinajstić information content (AvgIpc) is 3.43. The lowest BCUT2D eigenvalue weighted by Gasteiger charge is -2.21. The van der Waals surface area contributed by atoms with Crippen LogP contribution in [0.5, 0.6) is 0 Å². The van der Waals surface area contributed by atoms with E-state index in [0.717, 1.165) is 23.3 Å². The van der Waals surface area contributed by atoms with Gasteiger partial charge in [-0.1, -0.05) is 36.4 Å². The number of carbonyl (C=O) groups is 3. The van der Waals surface area contributed by atoms with Crippen LogP contribution in [0.25, 0.3) is 0 Å². The Kier molecular flexibility index (Phi) is 6.72. The van der Waals surface area contributed by atoms with E-state index in [0.29, 0.717) is 25.9 Å². The molecule has 2 aliphatic rings. The molecule has 34 heavy (non-hydrogen) atoms. The Bertz CT molecular complexity index is 1190. The monoisotopic (exact) mass is 484 g/mol. The van der Waals surface area contributed by atoms with Gasteiger partial charge in [0.2, 0.25) is 15.9 Å². The first kappa shape index (κ1) is 23.9. The van der Waals surface area contributed by atoms with Crippen LogP contribution < -0.4 is 10.6 Å². The number of amides is 4. The minimum Gasteiger partial charge on any atom is -0.324 e. The Morgan fingerprint density at radius 2 is 1.76 bits per heavy atom. The number of rotatable bonds is 8. The smallest absolute Gasteiger partial charge is 0.324 e. The summed E-state index contributed by atoms with van der Waals surface area (Å²) in [6.07, 6.45) is 2.65. The van der Waals surface area contributed by atoms with Gasteiger partial charge in [0.15, 0.2) is 0 Å². The van der Waals surface area contributed by atoms with Crippen molar-refractivity contribution in [1.29, 1.82) is 0 Å². The molecule has 2 N–H and O–H groups in total. The van der Waals surface area contributed by atoms with Gasteiger partial charge in [0, 0.05) is 18.8 Å². The normalized spacial score (nSPS) is 21.0. The van der Waals surface area contributed by atoms with Gasteiger partial charge in [-0.2, -0.15) is 4.31 Å². The van der Waals surface area contributed by atoms with E-state index >= 15 is 0 Å². The van der Waals surface area contributed by atoms with Crippen LogP contribution in [-0.2, 0) is 26.0 Å². The highest BCUT2D eigenvalue weighted by atomic mass is 32.2. The van der Waals surface area contributed by atoms with Crippen molar-refractivity contribution in [3.63, 3.8) is 0 Å².